The monoisotopic (exact) mass is 352 g/mol. The third-order valence-corrected chi connectivity index (χ3v) is 3.92. The Balaban J connectivity index is 2.42. The van der Waals surface area contributed by atoms with Gasteiger partial charge in [0.25, 0.3) is 0 Å². The molecule has 5 heteroatoms. The van der Waals surface area contributed by atoms with E-state index < -0.39 is 6.10 Å². The molecular weight excluding hydrogens is 336 g/mol. The number of methoxy groups -OCH3 is 3. The summed E-state index contributed by atoms with van der Waals surface area (Å²) in [6.45, 7) is 0. The number of aliphatic hydroxyl groups excluding tert-OH is 1. The lowest BCUT2D eigenvalue weighted by molar-refractivity contribution is 0.213. The van der Waals surface area contributed by atoms with E-state index in [1.807, 2.05) is 12.1 Å². The lowest BCUT2D eigenvalue weighted by Crippen LogP contribution is -2.04. The third kappa shape index (κ3) is 3.31. The molecule has 0 saturated heterocycles. The molecule has 0 aliphatic carbocycles. The highest BCUT2D eigenvalue weighted by Crippen LogP contribution is 2.36. The number of hydrogen-bond donors (Lipinski definition) is 1. The Hall–Kier alpha value is -1.72. The maximum atomic E-state index is 10.6. The van der Waals surface area contributed by atoms with Crippen LogP contribution >= 0.6 is 15.9 Å². The van der Waals surface area contributed by atoms with E-state index >= 15 is 0 Å². The highest BCUT2D eigenvalue weighted by molar-refractivity contribution is 9.10. The molecule has 21 heavy (non-hydrogen) atoms. The first kappa shape index (κ1) is 15.7. The highest BCUT2D eigenvalue weighted by atomic mass is 79.9. The van der Waals surface area contributed by atoms with Gasteiger partial charge >= 0.3 is 0 Å². The Morgan fingerprint density at radius 3 is 1.95 bits per heavy atom. The zero-order chi connectivity index (χ0) is 15.4. The number of hydrogen-bond acceptors (Lipinski definition) is 4. The predicted octanol–water partition coefficient (Wildman–Crippen LogP) is 3.56. The van der Waals surface area contributed by atoms with E-state index in [1.54, 1.807) is 45.6 Å². The van der Waals surface area contributed by atoms with Crippen LogP contribution in [0.4, 0.5) is 0 Å². The van der Waals surface area contributed by atoms with Crippen LogP contribution in [0, 0.1) is 0 Å². The van der Waals surface area contributed by atoms with Gasteiger partial charge in [-0.05, 0) is 29.8 Å². The van der Waals surface area contributed by atoms with Crippen LogP contribution in [0.3, 0.4) is 0 Å². The molecule has 2 aromatic carbocycles. The van der Waals surface area contributed by atoms with Crippen molar-refractivity contribution in [2.45, 2.75) is 6.10 Å². The van der Waals surface area contributed by atoms with Crippen molar-refractivity contribution in [2.75, 3.05) is 21.3 Å². The molecule has 0 saturated carbocycles. The first-order valence-corrected chi connectivity index (χ1v) is 7.13. The van der Waals surface area contributed by atoms with Crippen molar-refractivity contribution in [1.29, 1.82) is 0 Å². The first-order chi connectivity index (χ1) is 10.1. The molecule has 1 unspecified atom stereocenters. The van der Waals surface area contributed by atoms with Crippen LogP contribution in [0.25, 0.3) is 0 Å². The largest absolute Gasteiger partial charge is 0.497 e. The van der Waals surface area contributed by atoms with Gasteiger partial charge in [0.2, 0.25) is 0 Å². The summed E-state index contributed by atoms with van der Waals surface area (Å²) in [5.41, 5.74) is 1.41. The highest BCUT2D eigenvalue weighted by Gasteiger charge is 2.19. The SMILES string of the molecule is COc1ccc(C(O)c2ccc(OC)cc2OC)c(Br)c1. The fraction of sp³-hybridized carbons (Fsp3) is 0.250. The minimum atomic E-state index is -0.814. The van der Waals surface area contributed by atoms with Crippen molar-refractivity contribution in [3.05, 3.63) is 52.0 Å². The second-order valence-electron chi connectivity index (χ2n) is 4.40. The summed E-state index contributed by atoms with van der Waals surface area (Å²) in [7, 11) is 4.75. The van der Waals surface area contributed by atoms with Gasteiger partial charge in [0.05, 0.1) is 21.3 Å². The molecule has 1 N–H and O–H groups in total. The molecule has 0 radical (unpaired) electrons. The maximum absolute atomic E-state index is 10.6. The summed E-state index contributed by atoms with van der Waals surface area (Å²) in [4.78, 5) is 0. The molecule has 0 aliphatic heterocycles. The molecule has 0 bridgehead atoms. The Morgan fingerprint density at radius 2 is 1.43 bits per heavy atom. The number of aliphatic hydroxyl groups is 1. The standard InChI is InChI=1S/C16H17BrO4/c1-19-10-4-6-12(14(17)8-10)16(18)13-7-5-11(20-2)9-15(13)21-3/h4-9,16,18H,1-3H3. The Bertz CT molecular complexity index is 628. The molecule has 0 aliphatic rings. The van der Waals surface area contributed by atoms with Gasteiger partial charge in [-0.15, -0.1) is 0 Å². The summed E-state index contributed by atoms with van der Waals surface area (Å²) in [6, 6.07) is 10.8. The van der Waals surface area contributed by atoms with Crippen LogP contribution in [-0.4, -0.2) is 26.4 Å². The van der Waals surface area contributed by atoms with E-state index in [2.05, 4.69) is 15.9 Å². The average molecular weight is 353 g/mol. The Morgan fingerprint density at radius 1 is 0.857 bits per heavy atom. The van der Waals surface area contributed by atoms with Gasteiger partial charge in [0.1, 0.15) is 23.4 Å². The van der Waals surface area contributed by atoms with E-state index in [4.69, 9.17) is 14.2 Å². The van der Waals surface area contributed by atoms with Crippen LogP contribution in [0.2, 0.25) is 0 Å². The molecular formula is C16H17BrO4. The molecule has 112 valence electrons. The van der Waals surface area contributed by atoms with Gasteiger partial charge < -0.3 is 19.3 Å². The summed E-state index contributed by atoms with van der Waals surface area (Å²) in [5.74, 6) is 1.97. The average Bonchev–Trinajstić information content (AvgIpc) is 2.53. The topological polar surface area (TPSA) is 47.9 Å². The van der Waals surface area contributed by atoms with E-state index in [1.165, 1.54) is 0 Å². The number of rotatable bonds is 5. The number of benzene rings is 2. The molecule has 0 amide bonds. The zero-order valence-corrected chi connectivity index (χ0v) is 13.7. The zero-order valence-electron chi connectivity index (χ0n) is 12.1. The quantitative estimate of drug-likeness (QED) is 0.893. The Labute approximate surface area is 132 Å². The van der Waals surface area contributed by atoms with Crippen molar-refractivity contribution in [2.24, 2.45) is 0 Å². The van der Waals surface area contributed by atoms with Crippen LogP contribution in [0.5, 0.6) is 17.2 Å². The third-order valence-electron chi connectivity index (χ3n) is 3.24. The molecule has 1 atom stereocenters. The fourth-order valence-electron chi connectivity index (χ4n) is 2.07. The Kier molecular flexibility index (Phi) is 5.09. The second kappa shape index (κ2) is 6.83. The van der Waals surface area contributed by atoms with Crippen molar-refractivity contribution >= 4 is 15.9 Å². The number of halogens is 1. The van der Waals surface area contributed by atoms with Crippen molar-refractivity contribution in [1.82, 2.24) is 0 Å². The minimum Gasteiger partial charge on any atom is -0.497 e. The van der Waals surface area contributed by atoms with Gasteiger partial charge in [-0.3, -0.25) is 0 Å². The summed E-state index contributed by atoms with van der Waals surface area (Å²) >= 11 is 3.45. The lowest BCUT2D eigenvalue weighted by atomic mass is 10.0. The maximum Gasteiger partial charge on any atom is 0.128 e. The predicted molar refractivity (Wildman–Crippen MR) is 84.3 cm³/mol. The number of ether oxygens (including phenoxy) is 3. The summed E-state index contributed by atoms with van der Waals surface area (Å²) in [6.07, 6.45) is -0.814. The van der Waals surface area contributed by atoms with E-state index in [-0.39, 0.29) is 0 Å². The van der Waals surface area contributed by atoms with E-state index in [9.17, 15) is 5.11 Å². The lowest BCUT2D eigenvalue weighted by Gasteiger charge is -2.17. The molecule has 0 aromatic heterocycles. The van der Waals surface area contributed by atoms with Gasteiger partial charge in [-0.2, -0.15) is 0 Å². The van der Waals surface area contributed by atoms with E-state index in [0.717, 1.165) is 15.8 Å². The second-order valence-corrected chi connectivity index (χ2v) is 5.25. The molecule has 2 aromatic rings. The van der Waals surface area contributed by atoms with Gasteiger partial charge in [0, 0.05) is 16.1 Å². The normalized spacial score (nSPS) is 11.9. The van der Waals surface area contributed by atoms with Gasteiger partial charge in [0.15, 0.2) is 0 Å². The van der Waals surface area contributed by atoms with Crippen molar-refractivity contribution in [3.63, 3.8) is 0 Å². The molecule has 2 rings (SSSR count). The smallest absolute Gasteiger partial charge is 0.128 e. The van der Waals surface area contributed by atoms with E-state index in [0.29, 0.717) is 17.1 Å². The summed E-state index contributed by atoms with van der Waals surface area (Å²) in [5, 5.41) is 10.6. The molecule has 0 spiro atoms. The van der Waals surface area contributed by atoms with Crippen LogP contribution < -0.4 is 14.2 Å². The van der Waals surface area contributed by atoms with Crippen LogP contribution in [-0.2, 0) is 0 Å². The van der Waals surface area contributed by atoms with Gasteiger partial charge in [-0.1, -0.05) is 22.0 Å². The van der Waals surface area contributed by atoms with Gasteiger partial charge in [-0.25, -0.2) is 0 Å². The first-order valence-electron chi connectivity index (χ1n) is 6.34. The van der Waals surface area contributed by atoms with Crippen LogP contribution in [0.1, 0.15) is 17.2 Å². The molecule has 0 fully saturated rings. The molecule has 0 heterocycles. The summed E-state index contributed by atoms with van der Waals surface area (Å²) < 4.78 is 16.4. The molecule has 4 nitrogen and oxygen atoms in total. The van der Waals surface area contributed by atoms with Crippen LogP contribution in [0.15, 0.2) is 40.9 Å². The van der Waals surface area contributed by atoms with Crippen molar-refractivity contribution < 1.29 is 19.3 Å². The fourth-order valence-corrected chi connectivity index (χ4v) is 2.64. The minimum absolute atomic E-state index is 0.574. The van der Waals surface area contributed by atoms with Crippen molar-refractivity contribution in [3.8, 4) is 17.2 Å².